The third-order valence-electron chi connectivity index (χ3n) is 4.23. The molecule has 2 aromatic rings. The molecule has 2 N–H and O–H groups in total. The second-order valence-electron chi connectivity index (χ2n) is 6.41. The van der Waals surface area contributed by atoms with E-state index in [0.717, 1.165) is 17.3 Å². The van der Waals surface area contributed by atoms with E-state index in [-0.39, 0.29) is 23.2 Å². The van der Waals surface area contributed by atoms with Gasteiger partial charge in [-0.3, -0.25) is 14.4 Å². The van der Waals surface area contributed by atoms with Crippen LogP contribution in [0.1, 0.15) is 12.0 Å². The summed E-state index contributed by atoms with van der Waals surface area (Å²) in [5.74, 6) is -1.44. The fourth-order valence-electron chi connectivity index (χ4n) is 2.72. The number of carbonyl (C=O) groups is 3. The lowest BCUT2D eigenvalue weighted by Crippen LogP contribution is -2.42. The number of thioether (sulfide) groups is 1. The third-order valence-corrected chi connectivity index (χ3v) is 5.10. The largest absolute Gasteiger partial charge is 0.497 e. The Morgan fingerprint density at radius 1 is 1.20 bits per heavy atom. The Morgan fingerprint density at radius 2 is 2.00 bits per heavy atom. The number of hydrogen-bond donors (Lipinski definition) is 2. The van der Waals surface area contributed by atoms with Crippen molar-refractivity contribution in [2.24, 2.45) is 10.9 Å². The zero-order valence-electron chi connectivity index (χ0n) is 16.3. The van der Waals surface area contributed by atoms with Gasteiger partial charge in [-0.2, -0.15) is 4.99 Å². The third kappa shape index (κ3) is 6.05. The molecule has 0 spiro atoms. The Kier molecular flexibility index (Phi) is 7.40. The number of anilines is 1. The first-order valence-electron chi connectivity index (χ1n) is 9.27. The van der Waals surface area contributed by atoms with Gasteiger partial charge in [0.15, 0.2) is 5.17 Å². The van der Waals surface area contributed by atoms with Crippen LogP contribution in [0.4, 0.5) is 5.69 Å². The van der Waals surface area contributed by atoms with Crippen molar-refractivity contribution in [2.75, 3.05) is 18.2 Å². The van der Waals surface area contributed by atoms with E-state index in [1.165, 1.54) is 0 Å². The molecule has 30 heavy (non-hydrogen) atoms. The van der Waals surface area contributed by atoms with E-state index < -0.39 is 17.7 Å². The number of allylic oxidation sites excluding steroid dienone is 1. The molecule has 8 heteroatoms. The van der Waals surface area contributed by atoms with Crippen molar-refractivity contribution in [3.8, 4) is 5.75 Å². The number of nitrogens with zero attached hydrogens (tertiary/aromatic N) is 1. The first-order chi connectivity index (χ1) is 14.5. The summed E-state index contributed by atoms with van der Waals surface area (Å²) in [6.45, 7) is 0. The number of aliphatic imine (C=N–C) groups is 1. The van der Waals surface area contributed by atoms with Crippen LogP contribution in [0.2, 0.25) is 0 Å². The normalized spacial score (nSPS) is 16.2. The van der Waals surface area contributed by atoms with Crippen LogP contribution in [-0.2, 0) is 14.4 Å². The lowest BCUT2D eigenvalue weighted by molar-refractivity contribution is -0.133. The highest BCUT2D eigenvalue weighted by molar-refractivity contribution is 8.14. The molecule has 0 fully saturated rings. The van der Waals surface area contributed by atoms with Crippen LogP contribution in [-0.4, -0.2) is 35.8 Å². The van der Waals surface area contributed by atoms with Crippen LogP contribution in [0.3, 0.4) is 0 Å². The fraction of sp³-hybridized carbons (Fsp3) is 0.182. The van der Waals surface area contributed by atoms with Crippen LogP contribution in [0.25, 0.3) is 6.08 Å². The zero-order valence-corrected chi connectivity index (χ0v) is 17.1. The highest BCUT2D eigenvalue weighted by Crippen LogP contribution is 2.19. The van der Waals surface area contributed by atoms with Crippen molar-refractivity contribution >= 4 is 46.4 Å². The SMILES string of the molecule is COc1cccc(NC(=O)CSC2=NC(=O)C(C/C=C/c3ccccc3)C(=O)N2)c1. The van der Waals surface area contributed by atoms with Crippen molar-refractivity contribution in [3.63, 3.8) is 0 Å². The van der Waals surface area contributed by atoms with Gasteiger partial charge in [-0.1, -0.05) is 60.3 Å². The van der Waals surface area contributed by atoms with E-state index in [4.69, 9.17) is 4.74 Å². The zero-order chi connectivity index (χ0) is 21.3. The molecule has 1 aliphatic rings. The van der Waals surface area contributed by atoms with Crippen LogP contribution in [0, 0.1) is 5.92 Å². The second kappa shape index (κ2) is 10.4. The summed E-state index contributed by atoms with van der Waals surface area (Å²) in [6, 6.07) is 16.6. The number of amidine groups is 1. The van der Waals surface area contributed by atoms with Gasteiger partial charge >= 0.3 is 0 Å². The molecule has 2 aromatic carbocycles. The fourth-order valence-corrected chi connectivity index (χ4v) is 3.39. The van der Waals surface area contributed by atoms with Gasteiger partial charge in [0.1, 0.15) is 11.7 Å². The molecule has 3 rings (SSSR count). The van der Waals surface area contributed by atoms with Gasteiger partial charge in [0.2, 0.25) is 11.8 Å². The lowest BCUT2D eigenvalue weighted by Gasteiger charge is -2.18. The predicted molar refractivity (Wildman–Crippen MR) is 118 cm³/mol. The first kappa shape index (κ1) is 21.3. The van der Waals surface area contributed by atoms with Gasteiger partial charge in [-0.05, 0) is 24.1 Å². The Bertz CT molecular complexity index is 989. The van der Waals surface area contributed by atoms with Crippen LogP contribution < -0.4 is 15.4 Å². The van der Waals surface area contributed by atoms with Crippen molar-refractivity contribution in [2.45, 2.75) is 6.42 Å². The Balaban J connectivity index is 1.51. The summed E-state index contributed by atoms with van der Waals surface area (Å²) in [6.07, 6.45) is 3.90. The summed E-state index contributed by atoms with van der Waals surface area (Å²) in [5.41, 5.74) is 1.58. The van der Waals surface area contributed by atoms with Crippen molar-refractivity contribution < 1.29 is 19.1 Å². The molecule has 3 amide bonds. The van der Waals surface area contributed by atoms with Crippen molar-refractivity contribution in [1.29, 1.82) is 0 Å². The smallest absolute Gasteiger partial charge is 0.260 e. The highest BCUT2D eigenvalue weighted by atomic mass is 32.2. The number of carbonyl (C=O) groups excluding carboxylic acids is 3. The Morgan fingerprint density at radius 3 is 2.73 bits per heavy atom. The maximum atomic E-state index is 12.3. The molecule has 154 valence electrons. The van der Waals surface area contributed by atoms with Gasteiger partial charge < -0.3 is 15.4 Å². The molecule has 1 aliphatic heterocycles. The maximum Gasteiger partial charge on any atom is 0.260 e. The van der Waals surface area contributed by atoms with Crippen LogP contribution >= 0.6 is 11.8 Å². The predicted octanol–water partition coefficient (Wildman–Crippen LogP) is 3.10. The molecule has 7 nitrogen and oxygen atoms in total. The standard InChI is InChI=1S/C22H21N3O4S/c1-29-17-11-6-10-16(13-17)23-19(26)14-30-22-24-20(27)18(21(28)25-22)12-5-9-15-7-3-2-4-8-15/h2-11,13,18H,12,14H2,1H3,(H,23,26)(H,24,25,27,28)/b9-5+. The van der Waals surface area contributed by atoms with E-state index in [9.17, 15) is 14.4 Å². The number of hydrogen-bond acceptors (Lipinski definition) is 5. The van der Waals surface area contributed by atoms with Crippen molar-refractivity contribution in [3.05, 3.63) is 66.2 Å². The van der Waals surface area contributed by atoms with Crippen molar-refractivity contribution in [1.82, 2.24) is 5.32 Å². The molecule has 0 aromatic heterocycles. The lowest BCUT2D eigenvalue weighted by atomic mass is 10.0. The number of ether oxygens (including phenoxy) is 1. The minimum absolute atomic E-state index is 0.00216. The summed E-state index contributed by atoms with van der Waals surface area (Å²) < 4.78 is 5.11. The van der Waals surface area contributed by atoms with Gasteiger partial charge in [0, 0.05) is 11.8 Å². The van der Waals surface area contributed by atoms with E-state index in [2.05, 4.69) is 15.6 Å². The van der Waals surface area contributed by atoms with E-state index >= 15 is 0 Å². The van der Waals surface area contributed by atoms with E-state index in [0.29, 0.717) is 11.4 Å². The summed E-state index contributed by atoms with van der Waals surface area (Å²) in [4.78, 5) is 40.6. The van der Waals surface area contributed by atoms with Crippen LogP contribution in [0.15, 0.2) is 65.7 Å². The van der Waals surface area contributed by atoms with Gasteiger partial charge in [0.05, 0.1) is 12.9 Å². The van der Waals surface area contributed by atoms with Crippen LogP contribution in [0.5, 0.6) is 5.75 Å². The summed E-state index contributed by atoms with van der Waals surface area (Å²) in [5, 5.41) is 5.47. The Hall–Kier alpha value is -3.39. The average molecular weight is 423 g/mol. The number of amides is 3. The second-order valence-corrected chi connectivity index (χ2v) is 7.38. The first-order valence-corrected chi connectivity index (χ1v) is 10.3. The minimum Gasteiger partial charge on any atom is -0.497 e. The molecular formula is C22H21N3O4S. The molecule has 0 saturated carbocycles. The molecule has 1 heterocycles. The molecule has 0 aliphatic carbocycles. The molecule has 0 saturated heterocycles. The number of methoxy groups -OCH3 is 1. The van der Waals surface area contributed by atoms with E-state index in [1.54, 1.807) is 37.5 Å². The molecule has 0 bridgehead atoms. The monoisotopic (exact) mass is 423 g/mol. The minimum atomic E-state index is -0.861. The number of nitrogens with one attached hydrogen (secondary N) is 2. The Labute approximate surface area is 178 Å². The molecule has 0 radical (unpaired) electrons. The highest BCUT2D eigenvalue weighted by Gasteiger charge is 2.31. The quantitative estimate of drug-likeness (QED) is 0.667. The molecule has 1 atom stereocenters. The topological polar surface area (TPSA) is 96.9 Å². The molecular weight excluding hydrogens is 402 g/mol. The molecule has 1 unspecified atom stereocenters. The maximum absolute atomic E-state index is 12.3. The van der Waals surface area contributed by atoms with E-state index in [1.807, 2.05) is 36.4 Å². The average Bonchev–Trinajstić information content (AvgIpc) is 2.75. The van der Waals surface area contributed by atoms with Gasteiger partial charge in [0.25, 0.3) is 5.91 Å². The number of benzene rings is 2. The van der Waals surface area contributed by atoms with Gasteiger partial charge in [-0.15, -0.1) is 0 Å². The van der Waals surface area contributed by atoms with Gasteiger partial charge in [-0.25, -0.2) is 0 Å². The summed E-state index contributed by atoms with van der Waals surface area (Å²) >= 11 is 1.00. The number of rotatable bonds is 7. The summed E-state index contributed by atoms with van der Waals surface area (Å²) in [7, 11) is 1.54.